The van der Waals surface area contributed by atoms with Crippen molar-refractivity contribution in [3.05, 3.63) is 59.7 Å². The van der Waals surface area contributed by atoms with Gasteiger partial charge in [0.2, 0.25) is 0 Å². The fraction of sp³-hybridized carbons (Fsp3) is 0.263. The van der Waals surface area contributed by atoms with Crippen molar-refractivity contribution < 1.29 is 14.3 Å². The smallest absolute Gasteiger partial charge is 0.251 e. The zero-order valence-corrected chi connectivity index (χ0v) is 13.2. The number of hydrogen-bond acceptors (Lipinski definition) is 4. The maximum Gasteiger partial charge on any atom is 0.251 e. The number of benzene rings is 2. The van der Waals surface area contributed by atoms with E-state index in [9.17, 15) is 4.79 Å². The summed E-state index contributed by atoms with van der Waals surface area (Å²) in [6.45, 7) is 1.32. The highest BCUT2D eigenvalue weighted by atomic mass is 16.5. The molecule has 5 nitrogen and oxygen atoms in total. The van der Waals surface area contributed by atoms with Gasteiger partial charge in [0, 0.05) is 18.7 Å². The number of nitrogens with zero attached hydrogens (tertiary/aromatic N) is 1. The third-order valence-corrected chi connectivity index (χ3v) is 3.85. The Balaban J connectivity index is 1.55. The minimum Gasteiger partial charge on any atom is -0.457 e. The summed E-state index contributed by atoms with van der Waals surface area (Å²) in [5, 5.41) is 11.7. The molecule has 0 bridgehead atoms. The number of nitriles is 1. The van der Waals surface area contributed by atoms with Gasteiger partial charge in [-0.15, -0.1) is 0 Å². The van der Waals surface area contributed by atoms with E-state index in [4.69, 9.17) is 14.7 Å². The van der Waals surface area contributed by atoms with Gasteiger partial charge in [-0.1, -0.05) is 0 Å². The average molecular weight is 322 g/mol. The van der Waals surface area contributed by atoms with Gasteiger partial charge in [0.1, 0.15) is 11.5 Å². The summed E-state index contributed by atoms with van der Waals surface area (Å²) in [6, 6.07) is 15.9. The first kappa shape index (κ1) is 16.0. The summed E-state index contributed by atoms with van der Waals surface area (Å²) < 4.78 is 11.2. The van der Waals surface area contributed by atoms with Gasteiger partial charge in [-0.3, -0.25) is 4.79 Å². The number of carbonyl (C=O) groups is 1. The molecule has 1 amide bonds. The Bertz CT molecular complexity index is 727. The minimum atomic E-state index is -0.115. The molecule has 24 heavy (non-hydrogen) atoms. The molecule has 1 saturated heterocycles. The predicted molar refractivity (Wildman–Crippen MR) is 89.0 cm³/mol. The molecule has 2 aromatic carbocycles. The molecule has 0 saturated carbocycles. The highest BCUT2D eigenvalue weighted by Crippen LogP contribution is 2.22. The third-order valence-electron chi connectivity index (χ3n) is 3.85. The van der Waals surface area contributed by atoms with Crippen LogP contribution in [0.5, 0.6) is 11.5 Å². The van der Waals surface area contributed by atoms with E-state index < -0.39 is 0 Å². The van der Waals surface area contributed by atoms with Crippen molar-refractivity contribution in [1.29, 1.82) is 5.26 Å². The predicted octanol–water partition coefficient (Wildman–Crippen LogP) is 3.26. The van der Waals surface area contributed by atoms with E-state index >= 15 is 0 Å². The summed E-state index contributed by atoms with van der Waals surface area (Å²) in [5.74, 6) is 1.16. The first-order valence-corrected chi connectivity index (χ1v) is 7.92. The Labute approximate surface area is 140 Å². The molecule has 1 heterocycles. The molecule has 1 atom stereocenters. The lowest BCUT2D eigenvalue weighted by Gasteiger charge is -2.11. The molecule has 0 aliphatic carbocycles. The van der Waals surface area contributed by atoms with E-state index in [2.05, 4.69) is 11.4 Å². The number of carbonyl (C=O) groups excluding carboxylic acids is 1. The zero-order chi connectivity index (χ0) is 16.8. The fourth-order valence-corrected chi connectivity index (χ4v) is 2.52. The third kappa shape index (κ3) is 4.12. The van der Waals surface area contributed by atoms with Crippen molar-refractivity contribution in [2.75, 3.05) is 13.2 Å². The average Bonchev–Trinajstić information content (AvgIpc) is 3.14. The Morgan fingerprint density at radius 1 is 1.17 bits per heavy atom. The van der Waals surface area contributed by atoms with E-state index in [1.165, 1.54) is 0 Å². The molecular weight excluding hydrogens is 304 g/mol. The Morgan fingerprint density at radius 3 is 2.42 bits per heavy atom. The summed E-state index contributed by atoms with van der Waals surface area (Å²) in [6.07, 6.45) is 2.19. The van der Waals surface area contributed by atoms with Crippen molar-refractivity contribution in [3.63, 3.8) is 0 Å². The number of rotatable bonds is 5. The number of amides is 1. The normalized spacial score (nSPS) is 16.4. The van der Waals surface area contributed by atoms with Crippen LogP contribution in [0.25, 0.3) is 0 Å². The lowest BCUT2D eigenvalue weighted by molar-refractivity contribution is 0.0858. The lowest BCUT2D eigenvalue weighted by Crippen LogP contribution is -2.31. The number of nitrogens with one attached hydrogen (secondary N) is 1. The van der Waals surface area contributed by atoms with Crippen LogP contribution in [0.2, 0.25) is 0 Å². The van der Waals surface area contributed by atoms with Crippen molar-refractivity contribution in [3.8, 4) is 17.6 Å². The summed E-state index contributed by atoms with van der Waals surface area (Å²) >= 11 is 0. The van der Waals surface area contributed by atoms with Crippen LogP contribution in [0, 0.1) is 11.3 Å². The van der Waals surface area contributed by atoms with Crippen molar-refractivity contribution in [1.82, 2.24) is 5.32 Å². The van der Waals surface area contributed by atoms with Crippen LogP contribution in [-0.4, -0.2) is 25.2 Å². The number of hydrogen-bond donors (Lipinski definition) is 1. The molecule has 1 fully saturated rings. The van der Waals surface area contributed by atoms with Crippen LogP contribution in [-0.2, 0) is 4.74 Å². The van der Waals surface area contributed by atoms with E-state index in [1.54, 1.807) is 48.5 Å². The highest BCUT2D eigenvalue weighted by molar-refractivity contribution is 5.94. The van der Waals surface area contributed by atoms with Gasteiger partial charge >= 0.3 is 0 Å². The number of ether oxygens (including phenoxy) is 2. The van der Waals surface area contributed by atoms with E-state index in [0.717, 1.165) is 19.4 Å². The van der Waals surface area contributed by atoms with Crippen molar-refractivity contribution >= 4 is 5.91 Å². The second-order valence-corrected chi connectivity index (χ2v) is 5.61. The zero-order valence-electron chi connectivity index (χ0n) is 13.2. The Hall–Kier alpha value is -2.84. The van der Waals surface area contributed by atoms with Gasteiger partial charge in [0.15, 0.2) is 0 Å². The quantitative estimate of drug-likeness (QED) is 0.917. The van der Waals surface area contributed by atoms with Crippen LogP contribution >= 0.6 is 0 Å². The SMILES string of the molecule is N#Cc1ccc(Oc2ccc(C(=O)NC[C@H]3CCCO3)cc2)cc1. The second kappa shape index (κ2) is 7.62. The van der Waals surface area contributed by atoms with Crippen LogP contribution < -0.4 is 10.1 Å². The molecule has 0 radical (unpaired) electrons. The molecule has 0 unspecified atom stereocenters. The molecule has 5 heteroatoms. The summed E-state index contributed by atoms with van der Waals surface area (Å²) in [4.78, 5) is 12.1. The molecule has 0 aromatic heterocycles. The standard InChI is InChI=1S/C19H18N2O3/c20-12-14-3-7-16(8-4-14)24-17-9-5-15(6-10-17)19(22)21-13-18-2-1-11-23-18/h3-10,18H,1-2,11,13H2,(H,21,22)/t18-/m1/s1. The van der Waals surface area contributed by atoms with Crippen LogP contribution in [0.3, 0.4) is 0 Å². The fourth-order valence-electron chi connectivity index (χ4n) is 2.52. The lowest BCUT2D eigenvalue weighted by atomic mass is 10.2. The highest BCUT2D eigenvalue weighted by Gasteiger charge is 2.16. The van der Waals surface area contributed by atoms with Crippen molar-refractivity contribution in [2.45, 2.75) is 18.9 Å². The maximum atomic E-state index is 12.1. The van der Waals surface area contributed by atoms with E-state index in [-0.39, 0.29) is 12.0 Å². The van der Waals surface area contributed by atoms with Gasteiger partial charge in [-0.05, 0) is 61.4 Å². The molecular formula is C19H18N2O3. The van der Waals surface area contributed by atoms with Crippen molar-refractivity contribution in [2.24, 2.45) is 0 Å². The first-order valence-electron chi connectivity index (χ1n) is 7.92. The van der Waals surface area contributed by atoms with Crippen LogP contribution in [0.4, 0.5) is 0 Å². The van der Waals surface area contributed by atoms with E-state index in [0.29, 0.717) is 29.2 Å². The molecule has 122 valence electrons. The summed E-state index contributed by atoms with van der Waals surface area (Å²) in [7, 11) is 0. The van der Waals surface area contributed by atoms with Gasteiger partial charge in [-0.25, -0.2) is 0 Å². The molecule has 1 N–H and O–H groups in total. The molecule has 1 aliphatic heterocycles. The van der Waals surface area contributed by atoms with Crippen LogP contribution in [0.1, 0.15) is 28.8 Å². The Morgan fingerprint density at radius 2 is 1.83 bits per heavy atom. The molecule has 2 aromatic rings. The minimum absolute atomic E-state index is 0.115. The van der Waals surface area contributed by atoms with Gasteiger partial charge in [0.05, 0.1) is 17.7 Å². The summed E-state index contributed by atoms with van der Waals surface area (Å²) in [5.41, 5.74) is 1.17. The molecule has 3 rings (SSSR count). The molecule has 1 aliphatic rings. The largest absolute Gasteiger partial charge is 0.457 e. The van der Waals surface area contributed by atoms with Gasteiger partial charge in [0.25, 0.3) is 5.91 Å². The van der Waals surface area contributed by atoms with Crippen LogP contribution in [0.15, 0.2) is 48.5 Å². The topological polar surface area (TPSA) is 71.3 Å². The first-order chi connectivity index (χ1) is 11.7. The second-order valence-electron chi connectivity index (χ2n) is 5.61. The van der Waals surface area contributed by atoms with Gasteiger partial charge in [-0.2, -0.15) is 5.26 Å². The maximum absolute atomic E-state index is 12.1. The van der Waals surface area contributed by atoms with E-state index in [1.807, 2.05) is 0 Å². The van der Waals surface area contributed by atoms with Gasteiger partial charge < -0.3 is 14.8 Å². The molecule has 0 spiro atoms. The Kier molecular flexibility index (Phi) is 5.09. The monoisotopic (exact) mass is 322 g/mol.